The topological polar surface area (TPSA) is 78.0 Å². The third-order valence-corrected chi connectivity index (χ3v) is 5.45. The van der Waals surface area contributed by atoms with Crippen molar-refractivity contribution in [2.24, 2.45) is 10.4 Å². The lowest BCUT2D eigenvalue weighted by Crippen LogP contribution is -2.44. The predicted molar refractivity (Wildman–Crippen MR) is 123 cm³/mol. The molecule has 2 rings (SSSR count). The number of nitrogens with one attached hydrogen (secondary N) is 3. The maximum atomic E-state index is 12.3. The van der Waals surface area contributed by atoms with Gasteiger partial charge in [0.05, 0.1) is 25.1 Å². The van der Waals surface area contributed by atoms with E-state index in [0.29, 0.717) is 13.1 Å². The van der Waals surface area contributed by atoms with Gasteiger partial charge in [-0.1, -0.05) is 12.1 Å². The summed E-state index contributed by atoms with van der Waals surface area (Å²) in [5, 5.41) is 9.71. The lowest BCUT2D eigenvalue weighted by molar-refractivity contribution is -0.128. The lowest BCUT2D eigenvalue weighted by atomic mass is 9.92. The summed E-state index contributed by atoms with van der Waals surface area (Å²) in [7, 11) is 1.70. The Kier molecular flexibility index (Phi) is 9.43. The van der Waals surface area contributed by atoms with Gasteiger partial charge in [-0.15, -0.1) is 0 Å². The van der Waals surface area contributed by atoms with Gasteiger partial charge in [0.2, 0.25) is 5.91 Å². The van der Waals surface area contributed by atoms with Crippen molar-refractivity contribution in [3.63, 3.8) is 0 Å². The number of hydrogen-bond donors (Lipinski definition) is 3. The monoisotopic (exact) mass is 417 g/mol. The Morgan fingerprint density at radius 3 is 2.50 bits per heavy atom. The highest BCUT2D eigenvalue weighted by Crippen LogP contribution is 2.27. The van der Waals surface area contributed by atoms with Gasteiger partial charge in [0, 0.05) is 19.6 Å². The van der Waals surface area contributed by atoms with Gasteiger partial charge in [-0.05, 0) is 71.3 Å². The van der Waals surface area contributed by atoms with Crippen molar-refractivity contribution in [3.05, 3.63) is 29.8 Å². The molecule has 1 aromatic rings. The van der Waals surface area contributed by atoms with E-state index in [4.69, 9.17) is 9.73 Å². The molecule has 1 aliphatic heterocycles. The highest BCUT2D eigenvalue weighted by molar-refractivity contribution is 5.83. The highest BCUT2D eigenvalue weighted by atomic mass is 16.5. The largest absolute Gasteiger partial charge is 0.497 e. The smallest absolute Gasteiger partial charge is 0.227 e. The Balaban J connectivity index is 2.12. The second-order valence-electron chi connectivity index (χ2n) is 8.35. The summed E-state index contributed by atoms with van der Waals surface area (Å²) in [6, 6.07) is 8.55. The first kappa shape index (κ1) is 24.0. The number of nitrogens with zero attached hydrogens (tertiary/aromatic N) is 2. The fourth-order valence-electron chi connectivity index (χ4n) is 3.64. The van der Waals surface area contributed by atoms with Crippen LogP contribution in [-0.4, -0.2) is 63.1 Å². The SMILES string of the molecule is CCNC(=O)C(C)(C)CN=C(NCC)NCC(c1cccc(OC)c1)N1CCCC1. The number of ether oxygens (including phenoxy) is 1. The van der Waals surface area contributed by atoms with Crippen molar-refractivity contribution < 1.29 is 9.53 Å². The van der Waals surface area contributed by atoms with E-state index in [2.05, 4.69) is 33.0 Å². The molecule has 7 heteroatoms. The molecule has 0 bridgehead atoms. The van der Waals surface area contributed by atoms with Gasteiger partial charge in [-0.2, -0.15) is 0 Å². The molecule has 1 unspecified atom stereocenters. The fourth-order valence-corrected chi connectivity index (χ4v) is 3.64. The van der Waals surface area contributed by atoms with Gasteiger partial charge in [-0.25, -0.2) is 0 Å². The van der Waals surface area contributed by atoms with Gasteiger partial charge in [0.25, 0.3) is 0 Å². The van der Waals surface area contributed by atoms with Crippen molar-refractivity contribution in [2.75, 3.05) is 46.4 Å². The first-order valence-corrected chi connectivity index (χ1v) is 11.1. The number of likely N-dealkylation sites (tertiary alicyclic amines) is 1. The van der Waals surface area contributed by atoms with E-state index in [1.165, 1.54) is 18.4 Å². The number of rotatable bonds is 10. The lowest BCUT2D eigenvalue weighted by Gasteiger charge is -2.29. The number of carbonyl (C=O) groups excluding carboxylic acids is 1. The first-order valence-electron chi connectivity index (χ1n) is 11.1. The van der Waals surface area contributed by atoms with Crippen LogP contribution in [0.5, 0.6) is 5.75 Å². The molecule has 1 atom stereocenters. The van der Waals surface area contributed by atoms with Crippen LogP contribution in [0.15, 0.2) is 29.3 Å². The molecular formula is C23H39N5O2. The minimum atomic E-state index is -0.556. The number of amides is 1. The van der Waals surface area contributed by atoms with Crippen LogP contribution < -0.4 is 20.7 Å². The first-order chi connectivity index (χ1) is 14.4. The molecule has 1 heterocycles. The third-order valence-electron chi connectivity index (χ3n) is 5.45. The van der Waals surface area contributed by atoms with Crippen molar-refractivity contribution in [2.45, 2.75) is 46.6 Å². The normalized spacial score (nSPS) is 16.2. The number of guanidine groups is 1. The molecule has 168 valence electrons. The number of aliphatic imine (C=N–C) groups is 1. The van der Waals surface area contributed by atoms with Crippen LogP contribution >= 0.6 is 0 Å². The van der Waals surface area contributed by atoms with E-state index in [9.17, 15) is 4.79 Å². The van der Waals surface area contributed by atoms with E-state index in [-0.39, 0.29) is 11.9 Å². The minimum absolute atomic E-state index is 0.0240. The van der Waals surface area contributed by atoms with Gasteiger partial charge >= 0.3 is 0 Å². The van der Waals surface area contributed by atoms with Crippen LogP contribution in [0.1, 0.15) is 52.1 Å². The fraction of sp³-hybridized carbons (Fsp3) is 0.652. The van der Waals surface area contributed by atoms with Crippen LogP contribution in [-0.2, 0) is 4.79 Å². The van der Waals surface area contributed by atoms with Crippen LogP contribution in [0.3, 0.4) is 0 Å². The van der Waals surface area contributed by atoms with Crippen molar-refractivity contribution in [1.29, 1.82) is 0 Å². The molecule has 1 saturated heterocycles. The van der Waals surface area contributed by atoms with E-state index in [1.807, 2.05) is 39.8 Å². The maximum absolute atomic E-state index is 12.3. The molecule has 1 aliphatic rings. The van der Waals surface area contributed by atoms with Crippen molar-refractivity contribution in [1.82, 2.24) is 20.9 Å². The Morgan fingerprint density at radius 2 is 1.87 bits per heavy atom. The molecule has 0 saturated carbocycles. The second kappa shape index (κ2) is 11.8. The van der Waals surface area contributed by atoms with Crippen LogP contribution in [0, 0.1) is 5.41 Å². The average Bonchev–Trinajstić information content (AvgIpc) is 3.27. The number of methoxy groups -OCH3 is 1. The molecule has 0 aromatic heterocycles. The zero-order chi connectivity index (χ0) is 22.0. The summed E-state index contributed by atoms with van der Waals surface area (Å²) < 4.78 is 5.44. The zero-order valence-electron chi connectivity index (χ0n) is 19.3. The van der Waals surface area contributed by atoms with Gasteiger partial charge < -0.3 is 20.7 Å². The van der Waals surface area contributed by atoms with Gasteiger partial charge in [-0.3, -0.25) is 14.7 Å². The summed E-state index contributed by atoms with van der Waals surface area (Å²) in [4.78, 5) is 19.5. The van der Waals surface area contributed by atoms with Crippen molar-refractivity contribution in [3.8, 4) is 5.75 Å². The van der Waals surface area contributed by atoms with Gasteiger partial charge in [0.15, 0.2) is 5.96 Å². The Hall–Kier alpha value is -2.28. The molecule has 0 spiro atoms. The summed E-state index contributed by atoms with van der Waals surface area (Å²) >= 11 is 0. The molecule has 1 amide bonds. The molecule has 7 nitrogen and oxygen atoms in total. The molecular weight excluding hydrogens is 378 g/mol. The molecule has 0 radical (unpaired) electrons. The number of carbonyl (C=O) groups is 1. The molecule has 1 aromatic carbocycles. The van der Waals surface area contributed by atoms with E-state index >= 15 is 0 Å². The quantitative estimate of drug-likeness (QED) is 0.403. The van der Waals surface area contributed by atoms with E-state index < -0.39 is 5.41 Å². The molecule has 30 heavy (non-hydrogen) atoms. The van der Waals surface area contributed by atoms with Crippen LogP contribution in [0.25, 0.3) is 0 Å². The van der Waals surface area contributed by atoms with Crippen molar-refractivity contribution >= 4 is 11.9 Å². The Morgan fingerprint density at radius 1 is 1.17 bits per heavy atom. The standard InChI is InChI=1S/C23H39N5O2/c1-6-24-21(29)23(3,4)17-27-22(25-7-2)26-16-20(28-13-8-9-14-28)18-11-10-12-19(15-18)30-5/h10-12,15,20H,6-9,13-14,16-17H2,1-5H3,(H,24,29)(H2,25,26,27). The predicted octanol–water partition coefficient (Wildman–Crippen LogP) is 2.55. The number of benzene rings is 1. The summed E-state index contributed by atoms with van der Waals surface area (Å²) in [6.45, 7) is 12.6. The average molecular weight is 418 g/mol. The molecule has 0 aliphatic carbocycles. The highest BCUT2D eigenvalue weighted by Gasteiger charge is 2.27. The summed E-state index contributed by atoms with van der Waals surface area (Å²) in [5.74, 6) is 1.64. The molecule has 1 fully saturated rings. The van der Waals surface area contributed by atoms with E-state index in [0.717, 1.165) is 37.9 Å². The van der Waals surface area contributed by atoms with Gasteiger partial charge in [0.1, 0.15) is 5.75 Å². The number of hydrogen-bond acceptors (Lipinski definition) is 4. The van der Waals surface area contributed by atoms with Crippen LogP contribution in [0.4, 0.5) is 0 Å². The van der Waals surface area contributed by atoms with E-state index in [1.54, 1.807) is 7.11 Å². The molecule has 3 N–H and O–H groups in total. The second-order valence-corrected chi connectivity index (χ2v) is 8.35. The minimum Gasteiger partial charge on any atom is -0.497 e. The third kappa shape index (κ3) is 6.90. The maximum Gasteiger partial charge on any atom is 0.227 e. The Bertz CT molecular complexity index is 699. The van der Waals surface area contributed by atoms with Crippen LogP contribution in [0.2, 0.25) is 0 Å². The zero-order valence-corrected chi connectivity index (χ0v) is 19.3. The summed E-state index contributed by atoms with van der Waals surface area (Å²) in [5.41, 5.74) is 0.682. The Labute approximate surface area is 181 Å². The summed E-state index contributed by atoms with van der Waals surface area (Å²) in [6.07, 6.45) is 2.46.